The summed E-state index contributed by atoms with van der Waals surface area (Å²) in [4.78, 5) is 18.6. The first-order chi connectivity index (χ1) is 4.91. The van der Waals surface area contributed by atoms with Crippen molar-refractivity contribution in [2.45, 2.75) is 13.0 Å². The van der Waals surface area contributed by atoms with Gasteiger partial charge in [-0.25, -0.2) is 9.59 Å². The van der Waals surface area contributed by atoms with Gasteiger partial charge >= 0.3 is 11.9 Å². The highest BCUT2D eigenvalue weighted by molar-refractivity contribution is 5.75. The standard InChI is InChI=1S/C3H6O3.C2H4O3.Al.3H/c1-2(4)3(5)6;3-1-2(4)5;;;;/h2,4H,1H3,(H,5,6);3H,1H2,(H,4,5);;;;. The van der Waals surface area contributed by atoms with Gasteiger partial charge in [-0.05, 0) is 6.92 Å². The second-order valence-electron chi connectivity index (χ2n) is 1.57. The number of hydrogen-bond acceptors (Lipinski definition) is 4. The molecule has 0 aliphatic carbocycles. The molecule has 72 valence electrons. The van der Waals surface area contributed by atoms with E-state index in [9.17, 15) is 4.79 Å². The topological polar surface area (TPSA) is 115 Å². The van der Waals surface area contributed by atoms with E-state index in [1.54, 1.807) is 0 Å². The lowest BCUT2D eigenvalue weighted by Gasteiger charge is -1.89. The Morgan fingerprint density at radius 1 is 1.33 bits per heavy atom. The molecule has 12 heavy (non-hydrogen) atoms. The molecule has 0 amide bonds. The van der Waals surface area contributed by atoms with Gasteiger partial charge in [-0.2, -0.15) is 0 Å². The van der Waals surface area contributed by atoms with Crippen LogP contribution in [0.3, 0.4) is 0 Å². The average Bonchev–Trinajstić information content (AvgIpc) is 1.89. The summed E-state index contributed by atoms with van der Waals surface area (Å²) in [6.45, 7) is 0.419. The van der Waals surface area contributed by atoms with Crippen LogP contribution in [0.2, 0.25) is 0 Å². The lowest BCUT2D eigenvalue weighted by molar-refractivity contribution is -0.145. The number of aliphatic hydroxyl groups is 2. The van der Waals surface area contributed by atoms with Gasteiger partial charge in [0.25, 0.3) is 0 Å². The van der Waals surface area contributed by atoms with Gasteiger partial charge < -0.3 is 20.4 Å². The molecular weight excluding hydrogens is 183 g/mol. The number of carboxylic acid groups (broad SMARTS) is 2. The van der Waals surface area contributed by atoms with Crippen LogP contribution < -0.4 is 0 Å². The Hall–Kier alpha value is -0.608. The fourth-order valence-electron chi connectivity index (χ4n) is 0. The maximum atomic E-state index is 9.45. The molecule has 0 heterocycles. The van der Waals surface area contributed by atoms with E-state index in [1.165, 1.54) is 6.92 Å². The molecule has 0 bridgehead atoms. The van der Waals surface area contributed by atoms with E-state index in [2.05, 4.69) is 0 Å². The lowest BCUT2D eigenvalue weighted by Crippen LogP contribution is -2.13. The molecule has 0 aromatic heterocycles. The first-order valence-electron chi connectivity index (χ1n) is 2.65. The van der Waals surface area contributed by atoms with Crippen molar-refractivity contribution in [3.05, 3.63) is 0 Å². The molecule has 0 saturated carbocycles. The predicted octanol–water partition coefficient (Wildman–Crippen LogP) is -2.67. The molecule has 0 radical (unpaired) electrons. The van der Waals surface area contributed by atoms with Crippen molar-refractivity contribution in [3.63, 3.8) is 0 Å². The van der Waals surface area contributed by atoms with Crippen LogP contribution in [0.4, 0.5) is 0 Å². The number of hydrogen-bond donors (Lipinski definition) is 4. The fourth-order valence-corrected chi connectivity index (χ4v) is 0. The largest absolute Gasteiger partial charge is 0.480 e. The van der Waals surface area contributed by atoms with E-state index in [4.69, 9.17) is 25.2 Å². The summed E-state index contributed by atoms with van der Waals surface area (Å²) in [6, 6.07) is 0. The third-order valence-electron chi connectivity index (χ3n) is 0.493. The van der Waals surface area contributed by atoms with Gasteiger partial charge in [0, 0.05) is 0 Å². The minimum Gasteiger partial charge on any atom is -0.480 e. The van der Waals surface area contributed by atoms with Gasteiger partial charge in [0.1, 0.15) is 12.7 Å². The smallest absolute Gasteiger partial charge is 0.332 e. The Balaban J connectivity index is -0.000000126. The van der Waals surface area contributed by atoms with Crippen molar-refractivity contribution in [2.75, 3.05) is 6.61 Å². The van der Waals surface area contributed by atoms with Crippen molar-refractivity contribution in [1.82, 2.24) is 0 Å². The highest BCUT2D eigenvalue weighted by atomic mass is 27.0. The van der Waals surface area contributed by atoms with E-state index in [1.807, 2.05) is 0 Å². The van der Waals surface area contributed by atoms with Crippen molar-refractivity contribution in [3.8, 4) is 0 Å². The molecule has 0 spiro atoms. The monoisotopic (exact) mass is 196 g/mol. The van der Waals surface area contributed by atoms with Crippen LogP contribution >= 0.6 is 0 Å². The number of aliphatic hydroxyl groups excluding tert-OH is 2. The molecule has 7 heteroatoms. The molecule has 4 N–H and O–H groups in total. The van der Waals surface area contributed by atoms with Crippen molar-refractivity contribution < 1.29 is 30.0 Å². The maximum absolute atomic E-state index is 9.45. The van der Waals surface area contributed by atoms with Crippen LogP contribution in [0.15, 0.2) is 0 Å². The molecule has 0 fully saturated rings. The Kier molecular flexibility index (Phi) is 15.1. The average molecular weight is 196 g/mol. The van der Waals surface area contributed by atoms with Gasteiger partial charge in [-0.3, -0.25) is 0 Å². The zero-order chi connectivity index (χ0) is 9.44. The summed E-state index contributed by atoms with van der Waals surface area (Å²) in [5, 5.41) is 30.8. The van der Waals surface area contributed by atoms with Gasteiger partial charge in [-0.15, -0.1) is 0 Å². The van der Waals surface area contributed by atoms with Crippen LogP contribution in [0.5, 0.6) is 0 Å². The molecule has 0 aromatic carbocycles. The highest BCUT2D eigenvalue weighted by Crippen LogP contribution is 1.73. The zero-order valence-corrected chi connectivity index (χ0v) is 5.89. The van der Waals surface area contributed by atoms with Crippen molar-refractivity contribution in [2.24, 2.45) is 0 Å². The van der Waals surface area contributed by atoms with Gasteiger partial charge in [0.2, 0.25) is 0 Å². The summed E-state index contributed by atoms with van der Waals surface area (Å²) >= 11 is 0. The number of aliphatic carboxylic acids is 2. The predicted molar refractivity (Wildman–Crippen MR) is 44.0 cm³/mol. The SMILES string of the molecule is CC(O)C(=O)O.O=C(O)CO.[AlH3]. The summed E-state index contributed by atoms with van der Waals surface area (Å²) in [6.07, 6.45) is -1.23. The number of carboxylic acids is 2. The minimum absolute atomic E-state index is 0. The van der Waals surface area contributed by atoms with Crippen LogP contribution in [-0.2, 0) is 9.59 Å². The molecule has 0 rings (SSSR count). The van der Waals surface area contributed by atoms with Crippen LogP contribution in [0.25, 0.3) is 0 Å². The Labute approximate surface area is 79.6 Å². The molecule has 0 aliphatic rings. The lowest BCUT2D eigenvalue weighted by atomic mass is 10.4. The summed E-state index contributed by atoms with van der Waals surface area (Å²) < 4.78 is 0. The number of carbonyl (C=O) groups is 2. The summed E-state index contributed by atoms with van der Waals surface area (Å²) in [7, 11) is 0. The van der Waals surface area contributed by atoms with Gasteiger partial charge in [0.05, 0.1) is 0 Å². The van der Waals surface area contributed by atoms with E-state index >= 15 is 0 Å². The quantitative estimate of drug-likeness (QED) is 0.358. The van der Waals surface area contributed by atoms with Crippen LogP contribution in [-0.4, -0.2) is 62.4 Å². The van der Waals surface area contributed by atoms with Gasteiger partial charge in [-0.1, -0.05) is 0 Å². The highest BCUT2D eigenvalue weighted by Gasteiger charge is 2.01. The molecule has 1 unspecified atom stereocenters. The molecule has 0 aromatic rings. The second-order valence-corrected chi connectivity index (χ2v) is 1.57. The third-order valence-corrected chi connectivity index (χ3v) is 0.493. The maximum Gasteiger partial charge on any atom is 0.332 e. The third kappa shape index (κ3) is 22.8. The molecule has 0 aliphatic heterocycles. The van der Waals surface area contributed by atoms with Crippen molar-refractivity contribution in [1.29, 1.82) is 0 Å². The molecular formula is C5H13AlO6. The van der Waals surface area contributed by atoms with E-state index in [-0.39, 0.29) is 17.4 Å². The van der Waals surface area contributed by atoms with Crippen LogP contribution in [0, 0.1) is 0 Å². The van der Waals surface area contributed by atoms with E-state index in [0.717, 1.165) is 0 Å². The molecule has 1 atom stereocenters. The Bertz CT molecular complexity index is 134. The zero-order valence-electron chi connectivity index (χ0n) is 5.89. The fraction of sp³-hybridized carbons (Fsp3) is 0.600. The second kappa shape index (κ2) is 10.4. The van der Waals surface area contributed by atoms with Crippen LogP contribution in [0.1, 0.15) is 6.92 Å². The normalized spacial score (nSPS) is 9.92. The Morgan fingerprint density at radius 2 is 1.50 bits per heavy atom. The summed E-state index contributed by atoms with van der Waals surface area (Å²) in [5.74, 6) is -2.37. The van der Waals surface area contributed by atoms with E-state index < -0.39 is 24.6 Å². The molecule has 6 nitrogen and oxygen atoms in total. The summed E-state index contributed by atoms with van der Waals surface area (Å²) in [5.41, 5.74) is 0. The van der Waals surface area contributed by atoms with Crippen molar-refractivity contribution >= 4 is 29.3 Å². The van der Waals surface area contributed by atoms with Gasteiger partial charge in [0.15, 0.2) is 17.4 Å². The number of rotatable bonds is 2. The minimum atomic E-state index is -1.23. The van der Waals surface area contributed by atoms with E-state index in [0.29, 0.717) is 0 Å². The first kappa shape index (κ1) is 17.5. The molecule has 0 saturated heterocycles. The Morgan fingerprint density at radius 3 is 1.50 bits per heavy atom. The first-order valence-corrected chi connectivity index (χ1v) is 2.65.